The largest absolute Gasteiger partial charge is 0.350 e. The molecule has 1 aliphatic rings. The molecule has 0 saturated heterocycles. The first-order valence-corrected chi connectivity index (χ1v) is 10.8. The quantitative estimate of drug-likeness (QED) is 0.512. The number of fused-ring (bicyclic) bond motifs is 2. The van der Waals surface area contributed by atoms with Gasteiger partial charge in [-0.05, 0) is 30.5 Å². The summed E-state index contributed by atoms with van der Waals surface area (Å²) in [6.45, 7) is 1.35. The first kappa shape index (κ1) is 18.8. The van der Waals surface area contributed by atoms with Crippen molar-refractivity contribution < 1.29 is 4.79 Å². The van der Waals surface area contributed by atoms with E-state index in [9.17, 15) is 4.79 Å². The van der Waals surface area contributed by atoms with E-state index >= 15 is 0 Å². The Balaban J connectivity index is 1.28. The van der Waals surface area contributed by atoms with Crippen LogP contribution < -0.4 is 5.32 Å². The molecule has 0 aliphatic heterocycles. The van der Waals surface area contributed by atoms with Gasteiger partial charge in [0, 0.05) is 31.1 Å². The minimum atomic E-state index is -0.139. The minimum Gasteiger partial charge on any atom is -0.350 e. The number of rotatable bonds is 7. The topological polar surface area (TPSA) is 77.1 Å². The van der Waals surface area contributed by atoms with Gasteiger partial charge in [-0.1, -0.05) is 49.9 Å². The van der Waals surface area contributed by atoms with E-state index in [0.717, 1.165) is 41.3 Å². The summed E-state index contributed by atoms with van der Waals surface area (Å²) in [6, 6.07) is 13.8. The third-order valence-electron chi connectivity index (χ3n) is 6.12. The molecule has 1 aromatic carbocycles. The van der Waals surface area contributed by atoms with Crippen LogP contribution in [-0.2, 0) is 13.0 Å². The maximum Gasteiger partial charge on any atom is 0.272 e. The van der Waals surface area contributed by atoms with Gasteiger partial charge < -0.3 is 5.32 Å². The van der Waals surface area contributed by atoms with Crippen LogP contribution in [0.1, 0.15) is 48.4 Å². The molecule has 1 N–H and O–H groups in total. The molecule has 7 nitrogen and oxygen atoms in total. The molecular weight excluding hydrogens is 376 g/mol. The fourth-order valence-electron chi connectivity index (χ4n) is 4.50. The smallest absolute Gasteiger partial charge is 0.272 e. The number of carbonyl (C=O) groups is 1. The highest BCUT2D eigenvalue weighted by molar-refractivity contribution is 6.04. The number of nitrogens with zero attached hydrogens (tertiary/aromatic N) is 5. The lowest BCUT2D eigenvalue weighted by atomic mass is 10.0. The summed E-state index contributed by atoms with van der Waals surface area (Å²) in [4.78, 5) is 12.9. The molecule has 0 bridgehead atoms. The number of amides is 1. The molecule has 7 heteroatoms. The van der Waals surface area contributed by atoms with Gasteiger partial charge >= 0.3 is 0 Å². The van der Waals surface area contributed by atoms with E-state index in [4.69, 9.17) is 0 Å². The number of hydrogen-bond acceptors (Lipinski definition) is 4. The van der Waals surface area contributed by atoms with Gasteiger partial charge in [-0.25, -0.2) is 0 Å². The fraction of sp³-hybridized carbons (Fsp3) is 0.391. The highest BCUT2D eigenvalue weighted by Crippen LogP contribution is 2.28. The van der Waals surface area contributed by atoms with Crippen molar-refractivity contribution >= 4 is 22.5 Å². The molecule has 0 spiro atoms. The minimum absolute atomic E-state index is 0.139. The second kappa shape index (κ2) is 8.26. The predicted octanol–water partition coefficient (Wildman–Crippen LogP) is 3.63. The number of nitrogens with one attached hydrogen (secondary N) is 1. The van der Waals surface area contributed by atoms with Crippen molar-refractivity contribution in [2.24, 2.45) is 5.92 Å². The van der Waals surface area contributed by atoms with Crippen LogP contribution in [0.15, 0.2) is 48.7 Å². The van der Waals surface area contributed by atoms with Crippen LogP contribution in [-0.4, -0.2) is 36.8 Å². The van der Waals surface area contributed by atoms with Crippen molar-refractivity contribution in [1.29, 1.82) is 0 Å². The van der Waals surface area contributed by atoms with Crippen molar-refractivity contribution in [1.82, 2.24) is 29.7 Å². The van der Waals surface area contributed by atoms with Gasteiger partial charge in [-0.3, -0.25) is 13.9 Å². The molecule has 1 amide bonds. The molecule has 1 fully saturated rings. The summed E-state index contributed by atoms with van der Waals surface area (Å²) in [5.41, 5.74) is 2.35. The SMILES string of the molecule is O=C(NCCc1nnc2ccccn12)c1nn(CCC2CCCC2)c2ccccc12. The highest BCUT2D eigenvalue weighted by atomic mass is 16.1. The summed E-state index contributed by atoms with van der Waals surface area (Å²) in [5.74, 6) is 1.49. The zero-order valence-electron chi connectivity index (χ0n) is 17.0. The Morgan fingerprint density at radius 1 is 1.07 bits per heavy atom. The number of pyridine rings is 1. The van der Waals surface area contributed by atoms with E-state index in [1.165, 1.54) is 25.7 Å². The van der Waals surface area contributed by atoms with Gasteiger partial charge in [0.2, 0.25) is 0 Å². The van der Waals surface area contributed by atoms with E-state index in [0.29, 0.717) is 18.7 Å². The van der Waals surface area contributed by atoms with Crippen LogP contribution in [0.25, 0.3) is 16.6 Å². The molecule has 4 aromatic rings. The Kier molecular flexibility index (Phi) is 5.17. The second-order valence-electron chi connectivity index (χ2n) is 8.08. The van der Waals surface area contributed by atoms with Crippen LogP contribution in [0, 0.1) is 5.92 Å². The van der Waals surface area contributed by atoms with Crippen LogP contribution in [0.2, 0.25) is 0 Å². The van der Waals surface area contributed by atoms with Crippen molar-refractivity contribution in [3.8, 4) is 0 Å². The number of carbonyl (C=O) groups excluding carboxylic acids is 1. The molecule has 0 atom stereocenters. The average Bonchev–Trinajstić information content (AvgIpc) is 3.51. The molecule has 3 aromatic heterocycles. The molecule has 1 saturated carbocycles. The lowest BCUT2D eigenvalue weighted by Crippen LogP contribution is -2.27. The van der Waals surface area contributed by atoms with Crippen molar-refractivity contribution in [3.63, 3.8) is 0 Å². The van der Waals surface area contributed by atoms with Gasteiger partial charge in [-0.15, -0.1) is 10.2 Å². The standard InChI is InChI=1S/C23H26N6O/c30-23(24-14-12-21-26-25-20-11-5-6-15-28(20)21)22-18-9-3-4-10-19(18)29(27-22)16-13-17-7-1-2-8-17/h3-6,9-11,15,17H,1-2,7-8,12-14,16H2,(H,24,30). The summed E-state index contributed by atoms with van der Waals surface area (Å²) in [7, 11) is 0. The Hall–Kier alpha value is -3.22. The summed E-state index contributed by atoms with van der Waals surface area (Å²) >= 11 is 0. The third-order valence-corrected chi connectivity index (χ3v) is 6.12. The zero-order chi connectivity index (χ0) is 20.3. The second-order valence-corrected chi connectivity index (χ2v) is 8.08. The molecule has 3 heterocycles. The molecular formula is C23H26N6O. The van der Waals surface area contributed by atoms with Crippen LogP contribution in [0.4, 0.5) is 0 Å². The lowest BCUT2D eigenvalue weighted by Gasteiger charge is -2.09. The van der Waals surface area contributed by atoms with E-state index in [-0.39, 0.29) is 5.91 Å². The van der Waals surface area contributed by atoms with E-state index in [1.54, 1.807) is 0 Å². The number of benzene rings is 1. The number of hydrogen-bond donors (Lipinski definition) is 1. The van der Waals surface area contributed by atoms with E-state index < -0.39 is 0 Å². The normalized spacial score (nSPS) is 14.7. The van der Waals surface area contributed by atoms with Gasteiger partial charge in [0.05, 0.1) is 5.52 Å². The molecule has 0 unspecified atom stereocenters. The zero-order valence-corrected chi connectivity index (χ0v) is 17.0. The first-order chi connectivity index (χ1) is 14.8. The Morgan fingerprint density at radius 2 is 1.90 bits per heavy atom. The fourth-order valence-corrected chi connectivity index (χ4v) is 4.50. The summed E-state index contributed by atoms with van der Waals surface area (Å²) in [5, 5.41) is 17.0. The number of aromatic nitrogens is 5. The average molecular weight is 403 g/mol. The Bertz CT molecular complexity index is 1170. The highest BCUT2D eigenvalue weighted by Gasteiger charge is 2.19. The van der Waals surface area contributed by atoms with Crippen molar-refractivity contribution in [2.45, 2.75) is 45.1 Å². The van der Waals surface area contributed by atoms with E-state index in [1.807, 2.05) is 51.7 Å². The molecule has 30 heavy (non-hydrogen) atoms. The first-order valence-electron chi connectivity index (χ1n) is 10.8. The van der Waals surface area contributed by atoms with Gasteiger partial charge in [0.15, 0.2) is 11.3 Å². The number of para-hydroxylation sites is 1. The van der Waals surface area contributed by atoms with Crippen LogP contribution in [0.5, 0.6) is 0 Å². The summed E-state index contributed by atoms with van der Waals surface area (Å²) in [6.07, 6.45) is 9.02. The van der Waals surface area contributed by atoms with Gasteiger partial charge in [0.1, 0.15) is 5.82 Å². The summed E-state index contributed by atoms with van der Waals surface area (Å²) < 4.78 is 3.95. The number of aryl methyl sites for hydroxylation is 1. The molecule has 0 radical (unpaired) electrons. The predicted molar refractivity (Wildman–Crippen MR) is 115 cm³/mol. The van der Waals surface area contributed by atoms with E-state index in [2.05, 4.69) is 26.7 Å². The van der Waals surface area contributed by atoms with Crippen LogP contribution >= 0.6 is 0 Å². The maximum absolute atomic E-state index is 12.9. The van der Waals surface area contributed by atoms with Crippen molar-refractivity contribution in [3.05, 3.63) is 60.2 Å². The van der Waals surface area contributed by atoms with Crippen LogP contribution in [0.3, 0.4) is 0 Å². The molecule has 1 aliphatic carbocycles. The lowest BCUT2D eigenvalue weighted by molar-refractivity contribution is 0.0949. The van der Waals surface area contributed by atoms with Crippen molar-refractivity contribution in [2.75, 3.05) is 6.54 Å². The Labute approximate surface area is 175 Å². The Morgan fingerprint density at radius 3 is 2.80 bits per heavy atom. The third kappa shape index (κ3) is 3.67. The molecule has 5 rings (SSSR count). The monoisotopic (exact) mass is 402 g/mol. The molecule has 154 valence electrons. The van der Waals surface area contributed by atoms with Gasteiger partial charge in [-0.2, -0.15) is 5.10 Å². The maximum atomic E-state index is 12.9. The van der Waals surface area contributed by atoms with Gasteiger partial charge in [0.25, 0.3) is 5.91 Å².